The first-order chi connectivity index (χ1) is 17.0. The first-order valence-corrected chi connectivity index (χ1v) is 11.9. The number of azo groups is 1. The van der Waals surface area contributed by atoms with E-state index < -0.39 is 10.1 Å². The second-order valence-electron chi connectivity index (χ2n) is 7.56. The van der Waals surface area contributed by atoms with Crippen LogP contribution < -0.4 is 10.5 Å². The lowest BCUT2D eigenvalue weighted by atomic mass is 10.2. The van der Waals surface area contributed by atoms with Crippen LogP contribution in [0.4, 0.5) is 15.8 Å². The SMILES string of the molecule is Cc1nn(Cc2ccccc2F)c(C)[n+]1N.O=S(=O)(O)c1ccc(N=Nc2ccc(O)cc2O)cc1. The fourth-order valence-electron chi connectivity index (χ4n) is 2.98. The van der Waals surface area contributed by atoms with Gasteiger partial charge >= 0.3 is 0 Å². The number of benzene rings is 3. The molecule has 5 N–H and O–H groups in total. The molecule has 36 heavy (non-hydrogen) atoms. The second-order valence-corrected chi connectivity index (χ2v) is 8.98. The van der Waals surface area contributed by atoms with Gasteiger partial charge in [0.1, 0.15) is 29.5 Å². The van der Waals surface area contributed by atoms with Crippen LogP contribution in [-0.2, 0) is 16.7 Å². The van der Waals surface area contributed by atoms with E-state index in [1.807, 2.05) is 13.8 Å². The molecule has 0 unspecified atom stereocenters. The van der Waals surface area contributed by atoms with Gasteiger partial charge < -0.3 is 10.2 Å². The number of nitrogens with two attached hydrogens (primary N) is 1. The molecule has 0 amide bonds. The highest BCUT2D eigenvalue weighted by molar-refractivity contribution is 7.85. The zero-order valence-corrected chi connectivity index (χ0v) is 20.1. The minimum Gasteiger partial charge on any atom is -0.508 e. The highest BCUT2D eigenvalue weighted by atomic mass is 32.2. The molecule has 4 rings (SSSR count). The van der Waals surface area contributed by atoms with Crippen LogP contribution in [-0.4, -0.2) is 33.0 Å². The monoisotopic (exact) mass is 515 g/mol. The molecule has 0 spiro atoms. The fourth-order valence-corrected chi connectivity index (χ4v) is 3.46. The Labute approximate surface area is 206 Å². The third kappa shape index (κ3) is 6.61. The van der Waals surface area contributed by atoms with E-state index in [9.17, 15) is 17.9 Å². The summed E-state index contributed by atoms with van der Waals surface area (Å²) in [6.07, 6.45) is 0. The Morgan fingerprint density at radius 2 is 1.69 bits per heavy atom. The third-order valence-corrected chi connectivity index (χ3v) is 5.85. The number of halogens is 1. The highest BCUT2D eigenvalue weighted by Gasteiger charge is 2.18. The van der Waals surface area contributed by atoms with Gasteiger partial charge in [-0.2, -0.15) is 13.5 Å². The maximum Gasteiger partial charge on any atom is 0.295 e. The molecule has 1 heterocycles. The average Bonchev–Trinajstić information content (AvgIpc) is 3.06. The van der Waals surface area contributed by atoms with E-state index >= 15 is 0 Å². The molecular formula is C23H24FN6O5S+. The zero-order valence-electron chi connectivity index (χ0n) is 19.3. The third-order valence-electron chi connectivity index (χ3n) is 4.98. The number of phenolic OH excluding ortho intramolecular Hbond substituents is 2. The molecule has 0 saturated heterocycles. The van der Waals surface area contributed by atoms with E-state index in [0.717, 1.165) is 11.9 Å². The topological polar surface area (TPSA) is 167 Å². The molecule has 0 aliphatic rings. The number of hydrogen-bond acceptors (Lipinski definition) is 8. The van der Waals surface area contributed by atoms with E-state index in [1.165, 1.54) is 47.1 Å². The maximum absolute atomic E-state index is 13.4. The lowest BCUT2D eigenvalue weighted by molar-refractivity contribution is -0.652. The van der Waals surface area contributed by atoms with Gasteiger partial charge in [-0.25, -0.2) is 4.39 Å². The van der Waals surface area contributed by atoms with Crippen LogP contribution in [0, 0.1) is 19.7 Å². The van der Waals surface area contributed by atoms with Crippen LogP contribution in [0.15, 0.2) is 81.9 Å². The molecule has 188 valence electrons. The number of phenols is 2. The predicted molar refractivity (Wildman–Crippen MR) is 128 cm³/mol. The fraction of sp³-hybridized carbons (Fsp3) is 0.130. The molecule has 0 aliphatic heterocycles. The van der Waals surface area contributed by atoms with E-state index in [4.69, 9.17) is 15.5 Å². The summed E-state index contributed by atoms with van der Waals surface area (Å²) >= 11 is 0. The second kappa shape index (κ2) is 10.9. The number of nitrogens with zero attached hydrogens (tertiary/aromatic N) is 5. The number of hydrogen-bond donors (Lipinski definition) is 4. The Balaban J connectivity index is 0.000000205. The Morgan fingerprint density at radius 3 is 2.25 bits per heavy atom. The smallest absolute Gasteiger partial charge is 0.295 e. The van der Waals surface area contributed by atoms with E-state index in [0.29, 0.717) is 23.6 Å². The van der Waals surface area contributed by atoms with Gasteiger partial charge in [0.2, 0.25) is 0 Å². The van der Waals surface area contributed by atoms with Crippen molar-refractivity contribution in [3.05, 3.63) is 89.8 Å². The van der Waals surface area contributed by atoms with Crippen molar-refractivity contribution >= 4 is 21.5 Å². The van der Waals surface area contributed by atoms with Crippen molar-refractivity contribution in [2.24, 2.45) is 10.2 Å². The van der Waals surface area contributed by atoms with Crippen molar-refractivity contribution in [2.75, 3.05) is 5.84 Å². The summed E-state index contributed by atoms with van der Waals surface area (Å²) in [4.78, 5) is -0.246. The first-order valence-electron chi connectivity index (χ1n) is 10.4. The molecule has 3 aromatic carbocycles. The summed E-state index contributed by atoms with van der Waals surface area (Å²) in [6, 6.07) is 15.6. The summed E-state index contributed by atoms with van der Waals surface area (Å²) in [5.41, 5.74) is 1.10. The molecule has 1 aromatic heterocycles. The molecule has 4 aromatic rings. The van der Waals surface area contributed by atoms with Gasteiger partial charge in [0.15, 0.2) is 0 Å². The maximum atomic E-state index is 13.4. The van der Waals surface area contributed by atoms with Crippen LogP contribution in [0.1, 0.15) is 17.2 Å². The van der Waals surface area contributed by atoms with Gasteiger partial charge in [0.05, 0.1) is 10.6 Å². The summed E-state index contributed by atoms with van der Waals surface area (Å²) in [5, 5.41) is 30.4. The number of rotatable bonds is 5. The normalized spacial score (nSPS) is 11.3. The quantitative estimate of drug-likeness (QED) is 0.137. The van der Waals surface area contributed by atoms with Crippen LogP contribution in [0.2, 0.25) is 0 Å². The first kappa shape index (κ1) is 26.2. The van der Waals surface area contributed by atoms with Crippen molar-refractivity contribution in [1.82, 2.24) is 9.78 Å². The van der Waals surface area contributed by atoms with Crippen LogP contribution in [0.5, 0.6) is 11.5 Å². The summed E-state index contributed by atoms with van der Waals surface area (Å²) < 4.78 is 47.1. The van der Waals surface area contributed by atoms with Crippen LogP contribution >= 0.6 is 0 Å². The van der Waals surface area contributed by atoms with Crippen molar-refractivity contribution in [3.63, 3.8) is 0 Å². The van der Waals surface area contributed by atoms with E-state index in [1.54, 1.807) is 22.9 Å². The number of aryl methyl sites for hydroxylation is 1. The minimum atomic E-state index is -4.24. The lowest BCUT2D eigenvalue weighted by Gasteiger charge is -1.99. The van der Waals surface area contributed by atoms with Crippen molar-refractivity contribution in [3.8, 4) is 11.5 Å². The lowest BCUT2D eigenvalue weighted by Crippen LogP contribution is -2.48. The molecule has 0 radical (unpaired) electrons. The van der Waals surface area contributed by atoms with Gasteiger partial charge in [-0.15, -0.1) is 14.5 Å². The molecule has 11 nitrogen and oxygen atoms in total. The molecule has 0 bridgehead atoms. The summed E-state index contributed by atoms with van der Waals surface area (Å²) in [6.45, 7) is 4.05. The van der Waals surface area contributed by atoms with E-state index in [2.05, 4.69) is 15.3 Å². The number of aromatic hydroxyl groups is 2. The standard InChI is InChI=1S/C12H10N2O5S.C11H14FN4/c15-9-3-6-11(12(16)7-9)14-13-8-1-4-10(5-2-8)20(17,18)19;1-8-14-15(9(2)16(8)13)7-10-5-3-4-6-11(10)12/h1-7,15-16H,(H,17,18,19);3-6H,7,13H2,1-2H3/q;+1. The Hall–Kier alpha value is -4.36. The number of aromatic nitrogens is 3. The van der Waals surface area contributed by atoms with Gasteiger partial charge in [-0.05, 0) is 42.5 Å². The van der Waals surface area contributed by atoms with Gasteiger partial charge in [0, 0.05) is 30.6 Å². The Morgan fingerprint density at radius 1 is 1.03 bits per heavy atom. The summed E-state index contributed by atoms with van der Waals surface area (Å²) in [7, 11) is -4.24. The molecule has 0 atom stereocenters. The largest absolute Gasteiger partial charge is 0.508 e. The predicted octanol–water partition coefficient (Wildman–Crippen LogP) is 3.45. The highest BCUT2D eigenvalue weighted by Crippen LogP contribution is 2.31. The van der Waals surface area contributed by atoms with Crippen LogP contribution in [0.25, 0.3) is 0 Å². The number of nitrogen functional groups attached to an aromatic ring is 1. The van der Waals surface area contributed by atoms with Crippen LogP contribution in [0.3, 0.4) is 0 Å². The van der Waals surface area contributed by atoms with Gasteiger partial charge in [0.25, 0.3) is 21.8 Å². The van der Waals surface area contributed by atoms with E-state index in [-0.39, 0.29) is 27.9 Å². The molecule has 13 heteroatoms. The van der Waals surface area contributed by atoms with Crippen molar-refractivity contribution in [1.29, 1.82) is 0 Å². The van der Waals surface area contributed by atoms with Gasteiger partial charge in [-0.1, -0.05) is 18.2 Å². The Kier molecular flexibility index (Phi) is 7.96. The molecule has 0 aliphatic carbocycles. The van der Waals surface area contributed by atoms with Gasteiger partial charge in [-0.3, -0.25) is 10.4 Å². The van der Waals surface area contributed by atoms with Crippen molar-refractivity contribution < 1.29 is 32.3 Å². The summed E-state index contributed by atoms with van der Waals surface area (Å²) in [5.74, 6) is 6.67. The molecule has 0 saturated carbocycles. The minimum absolute atomic E-state index is 0.0982. The molecular weight excluding hydrogens is 491 g/mol. The average molecular weight is 516 g/mol. The van der Waals surface area contributed by atoms with Crippen molar-refractivity contribution in [2.45, 2.75) is 25.3 Å². The zero-order chi connectivity index (χ0) is 26.5. The molecule has 0 fully saturated rings. The Bertz CT molecular complexity index is 1500.